The van der Waals surface area contributed by atoms with E-state index in [1.54, 1.807) is 0 Å². The highest BCUT2D eigenvalue weighted by atomic mass is 15.2. The molecule has 3 aliphatic rings. The molecule has 1 atom stereocenters. The van der Waals surface area contributed by atoms with Gasteiger partial charge >= 0.3 is 0 Å². The van der Waals surface area contributed by atoms with Crippen molar-refractivity contribution in [1.29, 1.82) is 0 Å². The zero-order valence-electron chi connectivity index (χ0n) is 15.6. The molecule has 1 heterocycles. The molecule has 3 fully saturated rings. The third-order valence-corrected chi connectivity index (χ3v) is 6.88. The molecule has 1 N–H and O–H groups in total. The fraction of sp³-hybridized carbons (Fsp3) is 0.417. The average Bonchev–Trinajstić information content (AvgIpc) is 3.35. The minimum absolute atomic E-state index is 0.464. The summed E-state index contributed by atoms with van der Waals surface area (Å²) in [6, 6.07) is 20.3. The molecule has 134 valence electrons. The third kappa shape index (κ3) is 2.68. The van der Waals surface area contributed by atoms with Crippen LogP contribution in [0.3, 0.4) is 0 Å². The van der Waals surface area contributed by atoms with Gasteiger partial charge in [0.05, 0.1) is 0 Å². The van der Waals surface area contributed by atoms with Crippen LogP contribution in [0.2, 0.25) is 0 Å². The Kier molecular flexibility index (Phi) is 3.90. The van der Waals surface area contributed by atoms with Crippen LogP contribution in [0.15, 0.2) is 60.8 Å². The predicted octanol–water partition coefficient (Wildman–Crippen LogP) is 5.54. The Labute approximate surface area is 156 Å². The Balaban J connectivity index is 1.42. The van der Waals surface area contributed by atoms with Crippen molar-refractivity contribution in [2.24, 2.45) is 5.92 Å². The van der Waals surface area contributed by atoms with Crippen LogP contribution < -0.4 is 0 Å². The fourth-order valence-electron chi connectivity index (χ4n) is 5.57. The summed E-state index contributed by atoms with van der Waals surface area (Å²) in [6.45, 7) is 3.52. The zero-order valence-corrected chi connectivity index (χ0v) is 15.6. The number of hydrogen-bond donors (Lipinski definition) is 1. The lowest BCUT2D eigenvalue weighted by molar-refractivity contribution is -0.0101. The highest BCUT2D eigenvalue weighted by molar-refractivity contribution is 5.83. The van der Waals surface area contributed by atoms with E-state index in [-0.39, 0.29) is 0 Å². The molecule has 1 aromatic heterocycles. The third-order valence-electron chi connectivity index (χ3n) is 6.88. The number of rotatable bonds is 6. The van der Waals surface area contributed by atoms with Gasteiger partial charge in [-0.2, -0.15) is 0 Å². The molecule has 26 heavy (non-hydrogen) atoms. The lowest BCUT2D eigenvalue weighted by atomic mass is 9.74. The molecule has 2 bridgehead atoms. The first kappa shape index (κ1) is 16.1. The Morgan fingerprint density at radius 1 is 1.08 bits per heavy atom. The van der Waals surface area contributed by atoms with E-state index in [2.05, 4.69) is 77.6 Å². The SMILES string of the molecule is C[C@H](Cc1c[nH]c2ccccc12)N(Cc1ccccc1)C12CCC(C1)C2. The summed E-state index contributed by atoms with van der Waals surface area (Å²) in [5, 5.41) is 1.38. The molecule has 2 aromatic carbocycles. The van der Waals surface area contributed by atoms with E-state index in [0.717, 1.165) is 18.9 Å². The van der Waals surface area contributed by atoms with Gasteiger partial charge in [0.1, 0.15) is 0 Å². The first-order valence-corrected chi connectivity index (χ1v) is 10.1. The van der Waals surface area contributed by atoms with Crippen LogP contribution in [0.25, 0.3) is 10.9 Å². The fourth-order valence-corrected chi connectivity index (χ4v) is 5.57. The number of nitrogens with zero attached hydrogens (tertiary/aromatic N) is 1. The van der Waals surface area contributed by atoms with Gasteiger partial charge in [0.25, 0.3) is 0 Å². The summed E-state index contributed by atoms with van der Waals surface area (Å²) in [7, 11) is 0. The van der Waals surface area contributed by atoms with Gasteiger partial charge in [-0.15, -0.1) is 0 Å². The maximum Gasteiger partial charge on any atom is 0.0456 e. The van der Waals surface area contributed by atoms with Gasteiger partial charge in [0, 0.05) is 35.2 Å². The van der Waals surface area contributed by atoms with E-state index in [0.29, 0.717) is 11.6 Å². The maximum atomic E-state index is 3.45. The van der Waals surface area contributed by atoms with E-state index < -0.39 is 0 Å². The molecule has 2 heteroatoms. The molecule has 3 saturated carbocycles. The number of para-hydroxylation sites is 1. The normalized spacial score (nSPS) is 25.5. The number of hydrogen-bond acceptors (Lipinski definition) is 1. The largest absolute Gasteiger partial charge is 0.361 e. The predicted molar refractivity (Wildman–Crippen MR) is 108 cm³/mol. The first-order valence-electron chi connectivity index (χ1n) is 10.1. The van der Waals surface area contributed by atoms with Gasteiger partial charge in [0.2, 0.25) is 0 Å². The van der Waals surface area contributed by atoms with Crippen LogP contribution in [0, 0.1) is 5.92 Å². The lowest BCUT2D eigenvalue weighted by Crippen LogP contribution is -2.55. The summed E-state index contributed by atoms with van der Waals surface area (Å²) in [6.07, 6.45) is 8.99. The zero-order chi connectivity index (χ0) is 17.6. The van der Waals surface area contributed by atoms with E-state index in [1.165, 1.54) is 47.7 Å². The minimum Gasteiger partial charge on any atom is -0.361 e. The van der Waals surface area contributed by atoms with E-state index >= 15 is 0 Å². The molecule has 3 aliphatic carbocycles. The molecule has 2 nitrogen and oxygen atoms in total. The van der Waals surface area contributed by atoms with Crippen molar-refractivity contribution in [3.05, 3.63) is 71.9 Å². The van der Waals surface area contributed by atoms with Crippen molar-refractivity contribution in [2.75, 3.05) is 0 Å². The Morgan fingerprint density at radius 2 is 1.85 bits per heavy atom. The van der Waals surface area contributed by atoms with Crippen molar-refractivity contribution < 1.29 is 0 Å². The topological polar surface area (TPSA) is 19.0 Å². The van der Waals surface area contributed by atoms with Crippen LogP contribution in [0.1, 0.15) is 43.7 Å². The number of benzene rings is 2. The second-order valence-corrected chi connectivity index (χ2v) is 8.56. The number of aromatic nitrogens is 1. The van der Waals surface area contributed by atoms with Gasteiger partial charge in [-0.3, -0.25) is 4.90 Å². The molecule has 0 aliphatic heterocycles. The van der Waals surface area contributed by atoms with Gasteiger partial charge in [-0.05, 0) is 62.1 Å². The maximum absolute atomic E-state index is 3.45. The van der Waals surface area contributed by atoms with Crippen molar-refractivity contribution >= 4 is 10.9 Å². The number of H-pyrrole nitrogens is 1. The van der Waals surface area contributed by atoms with Crippen molar-refractivity contribution in [2.45, 2.75) is 57.2 Å². The molecule has 3 aromatic rings. The Morgan fingerprint density at radius 3 is 2.62 bits per heavy atom. The molecule has 0 unspecified atom stereocenters. The van der Waals surface area contributed by atoms with Crippen LogP contribution in [0.4, 0.5) is 0 Å². The number of aromatic amines is 1. The van der Waals surface area contributed by atoms with Crippen molar-refractivity contribution in [3.63, 3.8) is 0 Å². The second-order valence-electron chi connectivity index (χ2n) is 8.56. The van der Waals surface area contributed by atoms with Crippen LogP contribution in [0.5, 0.6) is 0 Å². The molecule has 0 amide bonds. The molecule has 0 radical (unpaired) electrons. The summed E-state index contributed by atoms with van der Waals surface area (Å²) >= 11 is 0. The van der Waals surface area contributed by atoms with E-state index in [1.807, 2.05) is 0 Å². The molecular weight excluding hydrogens is 316 g/mol. The standard InChI is InChI=1S/C24H28N2/c1-18(13-21-16-25-23-10-6-5-9-22(21)23)26(17-19-7-3-2-4-8-19)24-12-11-20(14-24)15-24/h2-10,16,18,20,25H,11-15,17H2,1H3/t18-,20?,24?/m1/s1. The smallest absolute Gasteiger partial charge is 0.0456 e. The van der Waals surface area contributed by atoms with E-state index in [4.69, 9.17) is 0 Å². The summed E-state index contributed by atoms with van der Waals surface area (Å²) in [5.41, 5.74) is 4.62. The quantitative estimate of drug-likeness (QED) is 0.622. The molecule has 0 saturated heterocycles. The van der Waals surface area contributed by atoms with Crippen LogP contribution in [-0.4, -0.2) is 21.5 Å². The highest BCUT2D eigenvalue weighted by Gasteiger charge is 2.54. The van der Waals surface area contributed by atoms with Crippen molar-refractivity contribution in [3.8, 4) is 0 Å². The first-order chi connectivity index (χ1) is 12.7. The molecular formula is C24H28N2. The highest BCUT2D eigenvalue weighted by Crippen LogP contribution is 2.56. The van der Waals surface area contributed by atoms with Crippen molar-refractivity contribution in [1.82, 2.24) is 9.88 Å². The molecule has 0 spiro atoms. The molecule has 6 rings (SSSR count). The number of fused-ring (bicyclic) bond motifs is 2. The minimum atomic E-state index is 0.464. The monoisotopic (exact) mass is 344 g/mol. The van der Waals surface area contributed by atoms with Crippen LogP contribution >= 0.6 is 0 Å². The van der Waals surface area contributed by atoms with E-state index in [9.17, 15) is 0 Å². The summed E-state index contributed by atoms with van der Waals surface area (Å²) < 4.78 is 0. The van der Waals surface area contributed by atoms with Gasteiger partial charge in [-0.25, -0.2) is 0 Å². The van der Waals surface area contributed by atoms with Gasteiger partial charge < -0.3 is 4.98 Å². The van der Waals surface area contributed by atoms with Gasteiger partial charge in [-0.1, -0.05) is 48.5 Å². The second kappa shape index (κ2) is 6.28. The van der Waals surface area contributed by atoms with Gasteiger partial charge in [0.15, 0.2) is 0 Å². The average molecular weight is 345 g/mol. The lowest BCUT2D eigenvalue weighted by Gasteiger charge is -2.51. The Bertz CT molecular complexity index is 883. The summed E-state index contributed by atoms with van der Waals surface area (Å²) in [4.78, 5) is 6.29. The van der Waals surface area contributed by atoms with Crippen LogP contribution in [-0.2, 0) is 13.0 Å². The number of nitrogens with one attached hydrogen (secondary N) is 1. The Hall–Kier alpha value is -2.06. The summed E-state index contributed by atoms with van der Waals surface area (Å²) in [5.74, 6) is 0.994.